The number of anilines is 2. The fraction of sp³-hybridized carbons (Fsp3) is 0.833. The lowest BCUT2D eigenvalue weighted by Gasteiger charge is -2.34. The third-order valence-electron chi connectivity index (χ3n) is 3.91. The highest BCUT2D eigenvalue weighted by atomic mass is 32.1. The van der Waals surface area contributed by atoms with E-state index in [4.69, 9.17) is 0 Å². The molecule has 3 rings (SSSR count). The average molecular weight is 267 g/mol. The molecular weight excluding hydrogens is 246 g/mol. The van der Waals surface area contributed by atoms with Crippen LogP contribution in [0, 0.1) is 0 Å². The maximum atomic E-state index is 4.54. The molecule has 0 amide bonds. The Bertz CT molecular complexity index is 380. The van der Waals surface area contributed by atoms with Crippen LogP contribution in [-0.2, 0) is 0 Å². The second kappa shape index (κ2) is 5.40. The summed E-state index contributed by atoms with van der Waals surface area (Å²) in [5.41, 5.74) is 0. The van der Waals surface area contributed by atoms with Crippen molar-refractivity contribution in [3.8, 4) is 0 Å². The fourth-order valence-corrected chi connectivity index (χ4v) is 3.29. The van der Waals surface area contributed by atoms with Crippen molar-refractivity contribution < 1.29 is 0 Å². The number of rotatable bonds is 2. The van der Waals surface area contributed by atoms with Crippen LogP contribution in [0.3, 0.4) is 0 Å². The van der Waals surface area contributed by atoms with E-state index in [1.807, 2.05) is 0 Å². The number of hydrogen-bond acceptors (Lipinski definition) is 6. The predicted octanol–water partition coefficient (Wildman–Crippen LogP) is 1.28. The van der Waals surface area contributed by atoms with Crippen LogP contribution in [0.2, 0.25) is 0 Å². The van der Waals surface area contributed by atoms with E-state index < -0.39 is 0 Å². The molecule has 3 heterocycles. The van der Waals surface area contributed by atoms with Crippen LogP contribution in [0.25, 0.3) is 0 Å². The van der Waals surface area contributed by atoms with Crippen molar-refractivity contribution in [1.82, 2.24) is 13.6 Å². The van der Waals surface area contributed by atoms with E-state index in [-0.39, 0.29) is 0 Å². The largest absolute Gasteiger partial charge is 0.353 e. The van der Waals surface area contributed by atoms with Crippen LogP contribution >= 0.6 is 11.7 Å². The van der Waals surface area contributed by atoms with Gasteiger partial charge < -0.3 is 14.7 Å². The molecule has 1 aromatic rings. The summed E-state index contributed by atoms with van der Waals surface area (Å²) in [5, 5.41) is 0. The second-order valence-corrected chi connectivity index (χ2v) is 5.78. The first-order chi connectivity index (χ1) is 8.84. The van der Waals surface area contributed by atoms with E-state index in [0.29, 0.717) is 0 Å². The number of nitrogens with zero attached hydrogens (tertiary/aromatic N) is 5. The van der Waals surface area contributed by atoms with E-state index in [1.54, 1.807) is 0 Å². The molecular formula is C12H21N5S. The zero-order valence-corrected chi connectivity index (χ0v) is 11.8. The normalized spacial score (nSPS) is 22.5. The molecule has 6 heteroatoms. The van der Waals surface area contributed by atoms with Gasteiger partial charge >= 0.3 is 0 Å². The van der Waals surface area contributed by atoms with Crippen molar-refractivity contribution in [2.24, 2.45) is 0 Å². The molecule has 0 atom stereocenters. The van der Waals surface area contributed by atoms with Gasteiger partial charge in [0.05, 0.1) is 11.7 Å². The Labute approximate surface area is 113 Å². The standard InChI is InChI=1S/C12H21N5S/c1-15-7-9-17(10-8-15)12-11(13-18-14-12)16-5-3-2-4-6-16/h2-10H2,1H3. The van der Waals surface area contributed by atoms with Crippen LogP contribution in [0.5, 0.6) is 0 Å². The molecule has 1 aromatic heterocycles. The maximum Gasteiger partial charge on any atom is 0.187 e. The zero-order valence-electron chi connectivity index (χ0n) is 11.0. The molecule has 2 aliphatic heterocycles. The van der Waals surface area contributed by atoms with Crippen molar-refractivity contribution in [1.29, 1.82) is 0 Å². The lowest BCUT2D eigenvalue weighted by Crippen LogP contribution is -2.45. The molecule has 100 valence electrons. The monoisotopic (exact) mass is 267 g/mol. The van der Waals surface area contributed by atoms with Crippen LogP contribution in [0.15, 0.2) is 0 Å². The van der Waals surface area contributed by atoms with E-state index in [0.717, 1.165) is 50.9 Å². The lowest BCUT2D eigenvalue weighted by molar-refractivity contribution is 0.312. The Balaban J connectivity index is 1.74. The number of piperazine rings is 1. The highest BCUT2D eigenvalue weighted by Crippen LogP contribution is 2.29. The number of aromatic nitrogens is 2. The first-order valence-corrected chi connectivity index (χ1v) is 7.58. The third kappa shape index (κ3) is 2.44. The highest BCUT2D eigenvalue weighted by molar-refractivity contribution is 6.99. The smallest absolute Gasteiger partial charge is 0.187 e. The molecule has 0 radical (unpaired) electrons. The number of piperidine rings is 1. The molecule has 0 saturated carbocycles. The minimum atomic E-state index is 1.07. The van der Waals surface area contributed by atoms with Gasteiger partial charge in [0.25, 0.3) is 0 Å². The average Bonchev–Trinajstić information content (AvgIpc) is 2.90. The molecule has 0 spiro atoms. The minimum absolute atomic E-state index is 1.07. The Kier molecular flexibility index (Phi) is 3.65. The maximum absolute atomic E-state index is 4.54. The van der Waals surface area contributed by atoms with Gasteiger partial charge in [-0.05, 0) is 26.3 Å². The van der Waals surface area contributed by atoms with Crippen LogP contribution < -0.4 is 9.80 Å². The Morgan fingerprint density at radius 1 is 0.778 bits per heavy atom. The van der Waals surface area contributed by atoms with Gasteiger partial charge in [-0.15, -0.1) is 0 Å². The van der Waals surface area contributed by atoms with Gasteiger partial charge in [-0.3, -0.25) is 0 Å². The summed E-state index contributed by atoms with van der Waals surface area (Å²) in [6.07, 6.45) is 3.94. The van der Waals surface area contributed by atoms with Crippen LogP contribution in [0.1, 0.15) is 19.3 Å². The molecule has 0 aliphatic carbocycles. The molecule has 5 nitrogen and oxygen atoms in total. The van der Waals surface area contributed by atoms with E-state index >= 15 is 0 Å². The molecule has 2 fully saturated rings. The van der Waals surface area contributed by atoms with Crippen molar-refractivity contribution >= 4 is 23.4 Å². The fourth-order valence-electron chi connectivity index (χ4n) is 2.70. The summed E-state index contributed by atoms with van der Waals surface area (Å²) in [6.45, 7) is 6.68. The Morgan fingerprint density at radius 2 is 1.33 bits per heavy atom. The zero-order chi connectivity index (χ0) is 12.4. The van der Waals surface area contributed by atoms with Gasteiger partial charge in [0, 0.05) is 39.3 Å². The summed E-state index contributed by atoms with van der Waals surface area (Å²) >= 11 is 1.36. The quantitative estimate of drug-likeness (QED) is 0.806. The first-order valence-electron chi connectivity index (χ1n) is 6.85. The summed E-state index contributed by atoms with van der Waals surface area (Å²) in [7, 11) is 2.18. The molecule has 0 aromatic carbocycles. The Hall–Kier alpha value is -0.880. The summed E-state index contributed by atoms with van der Waals surface area (Å²) in [4.78, 5) is 7.19. The molecule has 2 saturated heterocycles. The number of hydrogen-bond donors (Lipinski definition) is 0. The Morgan fingerprint density at radius 3 is 1.94 bits per heavy atom. The molecule has 0 unspecified atom stereocenters. The molecule has 2 aliphatic rings. The second-order valence-electron chi connectivity index (χ2n) is 5.25. The molecule has 0 N–H and O–H groups in total. The molecule has 0 bridgehead atoms. The lowest BCUT2D eigenvalue weighted by atomic mass is 10.1. The van der Waals surface area contributed by atoms with E-state index in [9.17, 15) is 0 Å². The van der Waals surface area contributed by atoms with Gasteiger partial charge in [0.2, 0.25) is 0 Å². The topological polar surface area (TPSA) is 35.5 Å². The third-order valence-corrected chi connectivity index (χ3v) is 4.42. The summed E-state index contributed by atoms with van der Waals surface area (Å²) in [5.74, 6) is 2.25. The van der Waals surface area contributed by atoms with Gasteiger partial charge in [0.15, 0.2) is 11.6 Å². The summed E-state index contributed by atoms with van der Waals surface area (Å²) < 4.78 is 9.07. The van der Waals surface area contributed by atoms with Gasteiger partial charge in [-0.25, -0.2) is 0 Å². The number of likely N-dealkylation sites (N-methyl/N-ethyl adjacent to an activating group) is 1. The van der Waals surface area contributed by atoms with Crippen molar-refractivity contribution in [2.45, 2.75) is 19.3 Å². The van der Waals surface area contributed by atoms with Crippen molar-refractivity contribution in [2.75, 3.05) is 56.1 Å². The van der Waals surface area contributed by atoms with Crippen molar-refractivity contribution in [3.05, 3.63) is 0 Å². The van der Waals surface area contributed by atoms with Gasteiger partial charge in [0.1, 0.15) is 0 Å². The van der Waals surface area contributed by atoms with Crippen molar-refractivity contribution in [3.63, 3.8) is 0 Å². The SMILES string of the molecule is CN1CCN(c2nsnc2N2CCCCC2)CC1. The van der Waals surface area contributed by atoms with Gasteiger partial charge in [-0.1, -0.05) is 0 Å². The minimum Gasteiger partial charge on any atom is -0.353 e. The molecule has 18 heavy (non-hydrogen) atoms. The van der Waals surface area contributed by atoms with E-state index in [1.165, 1.54) is 31.0 Å². The highest BCUT2D eigenvalue weighted by Gasteiger charge is 2.24. The first kappa shape index (κ1) is 12.2. The van der Waals surface area contributed by atoms with Crippen LogP contribution in [0.4, 0.5) is 11.6 Å². The van der Waals surface area contributed by atoms with Crippen LogP contribution in [-0.4, -0.2) is 60.0 Å². The van der Waals surface area contributed by atoms with Gasteiger partial charge in [-0.2, -0.15) is 8.75 Å². The van der Waals surface area contributed by atoms with E-state index in [2.05, 4.69) is 30.5 Å². The predicted molar refractivity (Wildman–Crippen MR) is 75.7 cm³/mol. The summed E-state index contributed by atoms with van der Waals surface area (Å²) in [6, 6.07) is 0.